The molecule has 0 fully saturated rings. The maximum Gasteiger partial charge on any atom is 0.244 e. The van der Waals surface area contributed by atoms with Gasteiger partial charge in [0.25, 0.3) is 0 Å². The molecule has 0 saturated carbocycles. The molecular weight excluding hydrogens is 390 g/mol. The predicted octanol–water partition coefficient (Wildman–Crippen LogP) is 5.78. The summed E-state index contributed by atoms with van der Waals surface area (Å²) in [4.78, 5) is 16.7. The van der Waals surface area contributed by atoms with E-state index in [2.05, 4.69) is 11.9 Å². The molecule has 2 aromatic rings. The zero-order valence-electron chi connectivity index (χ0n) is 16.0. The first-order chi connectivity index (χ1) is 13.7. The summed E-state index contributed by atoms with van der Waals surface area (Å²) in [5.41, 5.74) is 2.44. The monoisotopic (exact) mass is 413 g/mol. The van der Waals surface area contributed by atoms with Crippen molar-refractivity contribution in [3.05, 3.63) is 65.4 Å². The van der Waals surface area contributed by atoms with Crippen LogP contribution < -0.4 is 9.47 Å². The smallest absolute Gasteiger partial charge is 0.244 e. The fourth-order valence-corrected chi connectivity index (χ4v) is 4.30. The topological polar surface area (TPSA) is 47.9 Å². The van der Waals surface area contributed by atoms with E-state index in [1.54, 1.807) is 17.8 Å². The predicted molar refractivity (Wildman–Crippen MR) is 119 cm³/mol. The summed E-state index contributed by atoms with van der Waals surface area (Å²) in [6, 6.07) is 15.7. The molecule has 0 spiro atoms. The second-order valence-electron chi connectivity index (χ2n) is 6.06. The Morgan fingerprint density at radius 2 is 1.89 bits per heavy atom. The molecule has 0 radical (unpaired) electrons. The summed E-state index contributed by atoms with van der Waals surface area (Å²) >= 11 is 2.83. The van der Waals surface area contributed by atoms with Crippen molar-refractivity contribution < 1.29 is 14.3 Å². The van der Waals surface area contributed by atoms with Crippen molar-refractivity contribution in [3.63, 3.8) is 0 Å². The van der Waals surface area contributed by atoms with Crippen molar-refractivity contribution >= 4 is 39.1 Å². The number of hydrogen-bond donors (Lipinski definition) is 0. The van der Waals surface area contributed by atoms with Gasteiger partial charge in [-0.2, -0.15) is 0 Å². The van der Waals surface area contributed by atoms with E-state index in [9.17, 15) is 4.79 Å². The second kappa shape index (κ2) is 10.4. The van der Waals surface area contributed by atoms with Gasteiger partial charge >= 0.3 is 0 Å². The van der Waals surface area contributed by atoms with Gasteiger partial charge in [-0.05, 0) is 60.2 Å². The largest absolute Gasteiger partial charge is 0.490 e. The maximum atomic E-state index is 12.2. The molecule has 0 saturated heterocycles. The molecule has 1 heterocycles. The van der Waals surface area contributed by atoms with E-state index in [0.29, 0.717) is 30.4 Å². The van der Waals surface area contributed by atoms with Gasteiger partial charge in [0.15, 0.2) is 11.5 Å². The molecule has 1 aliphatic rings. The van der Waals surface area contributed by atoms with Gasteiger partial charge in [0.1, 0.15) is 16.7 Å². The summed E-state index contributed by atoms with van der Waals surface area (Å²) in [5.74, 6) is 2.31. The second-order valence-corrected chi connectivity index (χ2v) is 8.36. The van der Waals surface area contributed by atoms with Crippen LogP contribution in [-0.2, 0) is 11.4 Å². The Morgan fingerprint density at radius 3 is 2.64 bits per heavy atom. The summed E-state index contributed by atoms with van der Waals surface area (Å²) in [5, 5.41) is -0.0130. The molecule has 1 aliphatic heterocycles. The van der Waals surface area contributed by atoms with Crippen LogP contribution >= 0.6 is 23.5 Å². The number of benzene rings is 2. The van der Waals surface area contributed by atoms with E-state index in [4.69, 9.17) is 9.47 Å². The average Bonchev–Trinajstić information content (AvgIpc) is 3.06. The molecule has 28 heavy (non-hydrogen) atoms. The number of rotatable bonds is 8. The van der Waals surface area contributed by atoms with Crippen LogP contribution in [0.3, 0.4) is 0 Å². The SMILES string of the molecule is CCCSC1=NC(=Cc2ccc(OCc3ccccc3)c(OCC)c2)C(=O)S1. The molecule has 0 unspecified atom stereocenters. The Kier molecular flexibility index (Phi) is 7.62. The molecule has 0 aliphatic carbocycles. The molecule has 146 valence electrons. The first-order valence-electron chi connectivity index (χ1n) is 9.28. The Morgan fingerprint density at radius 1 is 1.07 bits per heavy atom. The molecule has 0 atom stereocenters. The van der Waals surface area contributed by atoms with E-state index in [1.165, 1.54) is 11.8 Å². The number of hydrogen-bond acceptors (Lipinski definition) is 6. The quantitative estimate of drug-likeness (QED) is 0.514. The summed E-state index contributed by atoms with van der Waals surface area (Å²) < 4.78 is 12.5. The molecule has 2 aromatic carbocycles. The average molecular weight is 414 g/mol. The van der Waals surface area contributed by atoms with Crippen LogP contribution in [0.2, 0.25) is 0 Å². The van der Waals surface area contributed by atoms with Crippen LogP contribution in [0.4, 0.5) is 0 Å². The van der Waals surface area contributed by atoms with Crippen LogP contribution in [0.25, 0.3) is 6.08 Å². The fourth-order valence-electron chi connectivity index (χ4n) is 2.54. The van der Waals surface area contributed by atoms with Gasteiger partial charge in [0.2, 0.25) is 5.12 Å². The van der Waals surface area contributed by atoms with Gasteiger partial charge in [-0.1, -0.05) is 55.1 Å². The zero-order valence-corrected chi connectivity index (χ0v) is 17.6. The number of carbonyl (C=O) groups excluding carboxylic acids is 1. The molecule has 0 N–H and O–H groups in total. The zero-order chi connectivity index (χ0) is 19.8. The molecule has 0 amide bonds. The van der Waals surface area contributed by atoms with E-state index < -0.39 is 0 Å². The van der Waals surface area contributed by atoms with E-state index in [-0.39, 0.29) is 5.12 Å². The summed E-state index contributed by atoms with van der Waals surface area (Å²) in [6.07, 6.45) is 2.86. The minimum absolute atomic E-state index is 0.0130. The highest BCUT2D eigenvalue weighted by atomic mass is 32.2. The Balaban J connectivity index is 1.76. The third-order valence-corrected chi connectivity index (χ3v) is 6.05. The highest BCUT2D eigenvalue weighted by Crippen LogP contribution is 2.34. The van der Waals surface area contributed by atoms with Gasteiger partial charge in [0, 0.05) is 0 Å². The van der Waals surface area contributed by atoms with Gasteiger partial charge in [-0.3, -0.25) is 4.79 Å². The maximum absolute atomic E-state index is 12.2. The van der Waals surface area contributed by atoms with Crippen LogP contribution in [0.15, 0.2) is 59.2 Å². The first-order valence-corrected chi connectivity index (χ1v) is 11.1. The van der Waals surface area contributed by atoms with E-state index >= 15 is 0 Å². The highest BCUT2D eigenvalue weighted by Gasteiger charge is 2.22. The van der Waals surface area contributed by atoms with Crippen molar-refractivity contribution in [2.75, 3.05) is 12.4 Å². The lowest BCUT2D eigenvalue weighted by atomic mass is 10.1. The number of ether oxygens (including phenoxy) is 2. The minimum Gasteiger partial charge on any atom is -0.490 e. The van der Waals surface area contributed by atoms with Crippen LogP contribution in [0.1, 0.15) is 31.4 Å². The first kappa shape index (κ1) is 20.6. The lowest BCUT2D eigenvalue weighted by Crippen LogP contribution is -2.00. The molecule has 3 rings (SSSR count). The van der Waals surface area contributed by atoms with Crippen LogP contribution in [-0.4, -0.2) is 21.9 Å². The number of nitrogens with zero attached hydrogens (tertiary/aromatic N) is 1. The molecule has 4 nitrogen and oxygen atoms in total. The normalized spacial score (nSPS) is 15.0. The number of aliphatic imine (C=N–C) groups is 1. The fraction of sp³-hybridized carbons (Fsp3) is 0.273. The molecule has 0 bridgehead atoms. The van der Waals surface area contributed by atoms with Crippen LogP contribution in [0.5, 0.6) is 11.5 Å². The van der Waals surface area contributed by atoms with Crippen molar-refractivity contribution in [2.45, 2.75) is 26.9 Å². The standard InChI is InChI=1S/C22H23NO3S2/c1-3-12-27-22-23-18(21(24)28-22)13-17-10-11-19(20(14-17)25-4-2)26-15-16-8-6-5-7-9-16/h5-11,13-14H,3-4,12,15H2,1-2H3. The van der Waals surface area contributed by atoms with Crippen molar-refractivity contribution in [1.29, 1.82) is 0 Å². The Bertz CT molecular complexity index is 879. The number of thioether (sulfide) groups is 2. The summed E-state index contributed by atoms with van der Waals surface area (Å²) in [6.45, 7) is 5.05. The van der Waals surface area contributed by atoms with Gasteiger partial charge in [-0.15, -0.1) is 0 Å². The Labute approximate surface area is 174 Å². The number of carbonyl (C=O) groups is 1. The highest BCUT2D eigenvalue weighted by molar-refractivity contribution is 8.45. The van der Waals surface area contributed by atoms with Crippen molar-refractivity contribution in [2.24, 2.45) is 4.99 Å². The third kappa shape index (κ3) is 5.66. The molecular formula is C22H23NO3S2. The lowest BCUT2D eigenvalue weighted by Gasteiger charge is -2.13. The van der Waals surface area contributed by atoms with Crippen LogP contribution in [0, 0.1) is 0 Å². The van der Waals surface area contributed by atoms with E-state index in [0.717, 1.165) is 27.7 Å². The van der Waals surface area contributed by atoms with Crippen molar-refractivity contribution in [3.8, 4) is 11.5 Å². The van der Waals surface area contributed by atoms with Gasteiger partial charge in [0.05, 0.1) is 6.61 Å². The Hall–Kier alpha value is -2.18. The van der Waals surface area contributed by atoms with Gasteiger partial charge in [-0.25, -0.2) is 4.99 Å². The molecule has 6 heteroatoms. The van der Waals surface area contributed by atoms with E-state index in [1.807, 2.05) is 55.5 Å². The summed E-state index contributed by atoms with van der Waals surface area (Å²) in [7, 11) is 0. The lowest BCUT2D eigenvalue weighted by molar-refractivity contribution is -0.107. The minimum atomic E-state index is -0.0130. The van der Waals surface area contributed by atoms with Gasteiger partial charge < -0.3 is 9.47 Å². The van der Waals surface area contributed by atoms with Crippen molar-refractivity contribution in [1.82, 2.24) is 0 Å². The molecule has 0 aromatic heterocycles. The third-order valence-electron chi connectivity index (χ3n) is 3.84.